The first-order valence-electron chi connectivity index (χ1n) is 9.84. The van der Waals surface area contributed by atoms with Gasteiger partial charge in [-0.2, -0.15) is 0 Å². The van der Waals surface area contributed by atoms with Crippen LogP contribution in [0.3, 0.4) is 0 Å². The van der Waals surface area contributed by atoms with E-state index in [0.717, 1.165) is 13.0 Å². The van der Waals surface area contributed by atoms with Crippen molar-refractivity contribution in [1.82, 2.24) is 20.0 Å². The molecule has 0 spiro atoms. The molecule has 9 heteroatoms. The first kappa shape index (κ1) is 21.3. The third-order valence-corrected chi connectivity index (χ3v) is 5.41. The molecule has 1 aliphatic rings. The molecule has 2 aromatic rings. The van der Waals surface area contributed by atoms with Crippen molar-refractivity contribution < 1.29 is 14.0 Å². The molecule has 0 bridgehead atoms. The molecular weight excluding hydrogens is 394 g/mol. The third-order valence-electron chi connectivity index (χ3n) is 5.08. The van der Waals surface area contributed by atoms with Crippen molar-refractivity contribution >= 4 is 23.4 Å². The number of hydrogen-bond donors (Lipinski definition) is 1. The molecule has 3 rings (SSSR count). The summed E-state index contributed by atoms with van der Waals surface area (Å²) in [6, 6.07) is 7.28. The van der Waals surface area contributed by atoms with Crippen molar-refractivity contribution in [3.8, 4) is 11.5 Å². The van der Waals surface area contributed by atoms with Crippen LogP contribution in [-0.4, -0.2) is 58.0 Å². The van der Waals surface area contributed by atoms with E-state index < -0.39 is 0 Å². The Bertz CT molecular complexity index is 848. The topological polar surface area (TPSA) is 106 Å². The average molecular weight is 420 g/mol. The SMILES string of the molecule is CCCN(CC(=O)N1CCC(C(N)=O)CC1)Cc1nnc(-c2ccccc2Cl)o1. The van der Waals surface area contributed by atoms with Crippen molar-refractivity contribution in [2.24, 2.45) is 11.7 Å². The predicted octanol–water partition coefficient (Wildman–Crippen LogP) is 2.33. The molecule has 156 valence electrons. The summed E-state index contributed by atoms with van der Waals surface area (Å²) in [6.07, 6.45) is 2.14. The maximum atomic E-state index is 12.7. The van der Waals surface area contributed by atoms with Crippen LogP contribution in [-0.2, 0) is 16.1 Å². The Morgan fingerprint density at radius 1 is 1.28 bits per heavy atom. The lowest BCUT2D eigenvalue weighted by atomic mass is 9.96. The van der Waals surface area contributed by atoms with Crippen LogP contribution in [0.25, 0.3) is 11.5 Å². The molecule has 29 heavy (non-hydrogen) atoms. The third kappa shape index (κ3) is 5.55. The molecule has 2 amide bonds. The molecule has 1 aliphatic heterocycles. The minimum atomic E-state index is -0.282. The highest BCUT2D eigenvalue weighted by atomic mass is 35.5. The number of rotatable bonds is 8. The number of carbonyl (C=O) groups excluding carboxylic acids is 2. The van der Waals surface area contributed by atoms with Gasteiger partial charge in [-0.15, -0.1) is 10.2 Å². The lowest BCUT2D eigenvalue weighted by molar-refractivity contribution is -0.136. The first-order valence-corrected chi connectivity index (χ1v) is 10.2. The Labute approximate surface area is 175 Å². The molecule has 0 unspecified atom stereocenters. The normalized spacial score (nSPS) is 15.1. The second kappa shape index (κ2) is 9.84. The first-order chi connectivity index (χ1) is 14.0. The lowest BCUT2D eigenvalue weighted by Gasteiger charge is -2.32. The second-order valence-electron chi connectivity index (χ2n) is 7.25. The van der Waals surface area contributed by atoms with E-state index in [0.29, 0.717) is 54.8 Å². The molecule has 8 nitrogen and oxygen atoms in total. The van der Waals surface area contributed by atoms with Gasteiger partial charge < -0.3 is 15.1 Å². The molecule has 1 aromatic carbocycles. The summed E-state index contributed by atoms with van der Waals surface area (Å²) in [5, 5.41) is 8.74. The molecule has 2 N–H and O–H groups in total. The summed E-state index contributed by atoms with van der Waals surface area (Å²) < 4.78 is 5.77. The second-order valence-corrected chi connectivity index (χ2v) is 7.66. The Hall–Kier alpha value is -2.45. The highest BCUT2D eigenvalue weighted by Gasteiger charge is 2.27. The largest absolute Gasteiger partial charge is 0.419 e. The van der Waals surface area contributed by atoms with E-state index in [1.807, 2.05) is 23.1 Å². The van der Waals surface area contributed by atoms with Crippen molar-refractivity contribution in [3.05, 3.63) is 35.2 Å². The zero-order chi connectivity index (χ0) is 20.8. The van der Waals surface area contributed by atoms with Gasteiger partial charge in [0.15, 0.2) is 0 Å². The minimum Gasteiger partial charge on any atom is -0.419 e. The van der Waals surface area contributed by atoms with E-state index in [-0.39, 0.29) is 24.3 Å². The van der Waals surface area contributed by atoms with Crippen LogP contribution in [0.1, 0.15) is 32.1 Å². The number of benzene rings is 1. The van der Waals surface area contributed by atoms with Gasteiger partial charge in [-0.25, -0.2) is 0 Å². The number of carbonyl (C=O) groups is 2. The Morgan fingerprint density at radius 2 is 2.00 bits per heavy atom. The number of aromatic nitrogens is 2. The summed E-state index contributed by atoms with van der Waals surface area (Å²) in [5.41, 5.74) is 6.05. The van der Waals surface area contributed by atoms with E-state index in [1.165, 1.54) is 0 Å². The van der Waals surface area contributed by atoms with Gasteiger partial charge in [0.05, 0.1) is 23.7 Å². The number of nitrogens with zero attached hydrogens (tertiary/aromatic N) is 4. The van der Waals surface area contributed by atoms with Crippen LogP contribution < -0.4 is 5.73 Å². The molecule has 1 saturated heterocycles. The number of likely N-dealkylation sites (tertiary alicyclic amines) is 1. The van der Waals surface area contributed by atoms with Gasteiger partial charge in [0.25, 0.3) is 0 Å². The predicted molar refractivity (Wildman–Crippen MR) is 109 cm³/mol. The molecule has 0 aliphatic carbocycles. The van der Waals surface area contributed by atoms with Crippen LogP contribution in [0.2, 0.25) is 5.02 Å². The molecule has 0 saturated carbocycles. The molecule has 2 heterocycles. The highest BCUT2D eigenvalue weighted by molar-refractivity contribution is 6.33. The number of hydrogen-bond acceptors (Lipinski definition) is 6. The van der Waals surface area contributed by atoms with Crippen molar-refractivity contribution in [1.29, 1.82) is 0 Å². The number of primary amides is 1. The van der Waals surface area contributed by atoms with E-state index in [4.69, 9.17) is 21.8 Å². The Balaban J connectivity index is 1.60. The monoisotopic (exact) mass is 419 g/mol. The van der Waals surface area contributed by atoms with Gasteiger partial charge in [-0.05, 0) is 37.9 Å². The van der Waals surface area contributed by atoms with Gasteiger partial charge in [0, 0.05) is 19.0 Å². The fourth-order valence-corrected chi connectivity index (χ4v) is 3.70. The number of amides is 2. The lowest BCUT2D eigenvalue weighted by Crippen LogP contribution is -2.45. The van der Waals surface area contributed by atoms with Crippen molar-refractivity contribution in [2.45, 2.75) is 32.7 Å². The molecule has 1 aromatic heterocycles. The van der Waals surface area contributed by atoms with E-state index in [9.17, 15) is 9.59 Å². The van der Waals surface area contributed by atoms with Crippen molar-refractivity contribution in [2.75, 3.05) is 26.2 Å². The number of halogens is 1. The van der Waals surface area contributed by atoms with Gasteiger partial charge in [0.2, 0.25) is 23.6 Å². The highest BCUT2D eigenvalue weighted by Crippen LogP contribution is 2.26. The molecular formula is C20H26ClN5O3. The summed E-state index contributed by atoms with van der Waals surface area (Å²) in [5.74, 6) is 0.422. The summed E-state index contributed by atoms with van der Waals surface area (Å²) in [7, 11) is 0. The summed E-state index contributed by atoms with van der Waals surface area (Å²) >= 11 is 6.19. The zero-order valence-corrected chi connectivity index (χ0v) is 17.3. The van der Waals surface area contributed by atoms with Gasteiger partial charge in [0.1, 0.15) is 0 Å². The van der Waals surface area contributed by atoms with Crippen LogP contribution >= 0.6 is 11.6 Å². The van der Waals surface area contributed by atoms with Gasteiger partial charge in [-0.1, -0.05) is 30.7 Å². The van der Waals surface area contributed by atoms with Gasteiger partial charge in [-0.3, -0.25) is 14.5 Å². The molecule has 0 atom stereocenters. The molecule has 0 radical (unpaired) electrons. The fourth-order valence-electron chi connectivity index (χ4n) is 3.49. The number of piperidine rings is 1. The smallest absolute Gasteiger partial charge is 0.249 e. The van der Waals surface area contributed by atoms with Crippen LogP contribution in [0.15, 0.2) is 28.7 Å². The standard InChI is InChI=1S/C20H26ClN5O3/c1-2-9-25(13-18(27)26-10-7-14(8-11-26)19(22)28)12-17-23-24-20(29-17)15-5-3-4-6-16(15)21/h3-6,14H,2,7-13H2,1H3,(H2,22,28). The summed E-state index contributed by atoms with van der Waals surface area (Å²) in [6.45, 7) is 4.55. The van der Waals surface area contributed by atoms with Crippen LogP contribution in [0.5, 0.6) is 0 Å². The van der Waals surface area contributed by atoms with Gasteiger partial charge >= 0.3 is 0 Å². The van der Waals surface area contributed by atoms with Crippen molar-refractivity contribution in [3.63, 3.8) is 0 Å². The van der Waals surface area contributed by atoms with E-state index in [2.05, 4.69) is 17.1 Å². The van der Waals surface area contributed by atoms with Crippen LogP contribution in [0, 0.1) is 5.92 Å². The van der Waals surface area contributed by atoms with E-state index in [1.54, 1.807) is 11.0 Å². The minimum absolute atomic E-state index is 0.0345. The summed E-state index contributed by atoms with van der Waals surface area (Å²) in [4.78, 5) is 27.8. The maximum absolute atomic E-state index is 12.7. The molecule has 1 fully saturated rings. The van der Waals surface area contributed by atoms with Crippen LogP contribution in [0.4, 0.5) is 0 Å². The Kier molecular flexibility index (Phi) is 7.22. The Morgan fingerprint density at radius 3 is 2.66 bits per heavy atom. The zero-order valence-electron chi connectivity index (χ0n) is 16.5. The maximum Gasteiger partial charge on any atom is 0.249 e. The van der Waals surface area contributed by atoms with E-state index >= 15 is 0 Å². The quantitative estimate of drug-likeness (QED) is 0.703. The number of nitrogens with two attached hydrogens (primary N) is 1. The fraction of sp³-hybridized carbons (Fsp3) is 0.500. The average Bonchev–Trinajstić information content (AvgIpc) is 3.16.